The summed E-state index contributed by atoms with van der Waals surface area (Å²) < 4.78 is 1.67. The molecule has 1 heterocycles. The van der Waals surface area contributed by atoms with E-state index < -0.39 is 12.0 Å². The lowest BCUT2D eigenvalue weighted by molar-refractivity contribution is -0.139. The summed E-state index contributed by atoms with van der Waals surface area (Å²) in [5.74, 6) is -0.873. The zero-order valence-electron chi connectivity index (χ0n) is 12.0. The van der Waals surface area contributed by atoms with Crippen LogP contribution in [0.5, 0.6) is 0 Å². The van der Waals surface area contributed by atoms with E-state index in [0.29, 0.717) is 0 Å². The Morgan fingerprint density at radius 3 is 2.39 bits per heavy atom. The van der Waals surface area contributed by atoms with Gasteiger partial charge in [0.15, 0.2) is 0 Å². The lowest BCUT2D eigenvalue weighted by Crippen LogP contribution is -2.35. The maximum atomic E-state index is 11.4. The molecule has 5 nitrogen and oxygen atoms in total. The van der Waals surface area contributed by atoms with Gasteiger partial charge in [-0.3, -0.25) is 14.8 Å². The van der Waals surface area contributed by atoms with Crippen LogP contribution in [0.3, 0.4) is 0 Å². The van der Waals surface area contributed by atoms with Crippen molar-refractivity contribution in [3.63, 3.8) is 0 Å². The van der Waals surface area contributed by atoms with Crippen LogP contribution >= 0.6 is 0 Å². The Hall–Kier alpha value is -1.36. The second-order valence-electron chi connectivity index (χ2n) is 5.95. The highest BCUT2D eigenvalue weighted by molar-refractivity contribution is 5.76. The van der Waals surface area contributed by atoms with Gasteiger partial charge < -0.3 is 5.11 Å². The zero-order valence-corrected chi connectivity index (χ0v) is 12.0. The third-order valence-electron chi connectivity index (χ3n) is 2.63. The van der Waals surface area contributed by atoms with E-state index in [-0.39, 0.29) is 11.5 Å². The number of nitrogens with zero attached hydrogens (tertiary/aromatic N) is 2. The fourth-order valence-corrected chi connectivity index (χ4v) is 1.93. The Balaban J connectivity index is 3.24. The van der Waals surface area contributed by atoms with Gasteiger partial charge >= 0.3 is 5.97 Å². The minimum atomic E-state index is -0.873. The molecule has 2 N–H and O–H groups in total. The molecule has 0 spiro atoms. The van der Waals surface area contributed by atoms with Crippen molar-refractivity contribution in [2.45, 2.75) is 52.1 Å². The first-order valence-electron chi connectivity index (χ1n) is 6.15. The van der Waals surface area contributed by atoms with Crippen molar-refractivity contribution in [2.75, 3.05) is 0 Å². The van der Waals surface area contributed by atoms with Gasteiger partial charge in [-0.25, -0.2) is 0 Å². The quantitative estimate of drug-likeness (QED) is 0.859. The molecule has 0 saturated carbocycles. The normalized spacial score (nSPS) is 13.9. The number of nitrogens with one attached hydrogen (secondary N) is 1. The third kappa shape index (κ3) is 3.32. The van der Waals surface area contributed by atoms with Crippen molar-refractivity contribution >= 4 is 5.97 Å². The molecule has 1 aromatic heterocycles. The van der Waals surface area contributed by atoms with Gasteiger partial charge in [-0.05, 0) is 13.8 Å². The van der Waals surface area contributed by atoms with Crippen LogP contribution in [0.4, 0.5) is 0 Å². The van der Waals surface area contributed by atoms with E-state index in [1.807, 2.05) is 41.7 Å². The fraction of sp³-hybridized carbons (Fsp3) is 0.692. The Morgan fingerprint density at radius 2 is 2.00 bits per heavy atom. The van der Waals surface area contributed by atoms with Crippen LogP contribution in [0.2, 0.25) is 0 Å². The molecule has 0 fully saturated rings. The average molecular weight is 253 g/mol. The van der Waals surface area contributed by atoms with E-state index in [1.54, 1.807) is 10.9 Å². The van der Waals surface area contributed by atoms with Gasteiger partial charge in [-0.15, -0.1) is 0 Å². The summed E-state index contributed by atoms with van der Waals surface area (Å²) in [6.45, 7) is 9.97. The van der Waals surface area contributed by atoms with Crippen LogP contribution < -0.4 is 5.32 Å². The molecular weight excluding hydrogens is 230 g/mol. The molecule has 0 bridgehead atoms. The fourth-order valence-electron chi connectivity index (χ4n) is 1.93. The Kier molecular flexibility index (Phi) is 4.16. The molecule has 0 aliphatic rings. The second-order valence-corrected chi connectivity index (χ2v) is 5.95. The van der Waals surface area contributed by atoms with Crippen LogP contribution in [0.15, 0.2) is 6.20 Å². The maximum Gasteiger partial charge on any atom is 0.325 e. The van der Waals surface area contributed by atoms with Crippen molar-refractivity contribution in [1.29, 1.82) is 0 Å². The molecule has 0 aromatic carbocycles. The van der Waals surface area contributed by atoms with Crippen molar-refractivity contribution < 1.29 is 9.90 Å². The molecule has 1 atom stereocenters. The summed E-state index contributed by atoms with van der Waals surface area (Å²) in [6, 6.07) is -0.618. The van der Waals surface area contributed by atoms with Gasteiger partial charge in [0.1, 0.15) is 6.04 Å². The highest BCUT2D eigenvalue weighted by Gasteiger charge is 2.30. The van der Waals surface area contributed by atoms with Gasteiger partial charge in [0, 0.05) is 30.3 Å². The highest BCUT2D eigenvalue weighted by Crippen LogP contribution is 2.28. The van der Waals surface area contributed by atoms with Crippen LogP contribution in [-0.2, 0) is 17.3 Å². The SMILES string of the molecule is CC(C)NC(C(=O)O)c1cn(C)nc1C(C)(C)C. The second kappa shape index (κ2) is 5.10. The van der Waals surface area contributed by atoms with Crippen molar-refractivity contribution in [3.05, 3.63) is 17.5 Å². The number of carboxylic acids is 1. The van der Waals surface area contributed by atoms with Crippen LogP contribution in [0.25, 0.3) is 0 Å². The van der Waals surface area contributed by atoms with E-state index in [9.17, 15) is 9.90 Å². The van der Waals surface area contributed by atoms with Crippen LogP contribution in [-0.4, -0.2) is 26.9 Å². The van der Waals surface area contributed by atoms with Gasteiger partial charge in [-0.1, -0.05) is 20.8 Å². The summed E-state index contributed by atoms with van der Waals surface area (Å²) in [5, 5.41) is 16.8. The molecule has 0 saturated heterocycles. The summed E-state index contributed by atoms with van der Waals surface area (Å²) >= 11 is 0. The molecule has 5 heteroatoms. The average Bonchev–Trinajstić information content (AvgIpc) is 2.55. The van der Waals surface area contributed by atoms with E-state index >= 15 is 0 Å². The smallest absolute Gasteiger partial charge is 0.325 e. The number of carboxylic acid groups (broad SMARTS) is 1. The number of hydrogen-bond donors (Lipinski definition) is 2. The van der Waals surface area contributed by atoms with Crippen molar-refractivity contribution in [3.8, 4) is 0 Å². The molecule has 1 rings (SSSR count). The molecule has 0 amide bonds. The number of aliphatic carboxylic acids is 1. The molecule has 102 valence electrons. The molecule has 1 unspecified atom stereocenters. The third-order valence-corrected chi connectivity index (χ3v) is 2.63. The first-order chi connectivity index (χ1) is 8.12. The van der Waals surface area contributed by atoms with Crippen LogP contribution in [0, 0.1) is 0 Å². The molecular formula is C13H23N3O2. The lowest BCUT2D eigenvalue weighted by atomic mass is 9.87. The summed E-state index contributed by atoms with van der Waals surface area (Å²) in [4.78, 5) is 11.4. The minimum absolute atomic E-state index is 0.0964. The molecule has 0 aliphatic carbocycles. The lowest BCUT2D eigenvalue weighted by Gasteiger charge is -2.22. The number of hydrogen-bond acceptors (Lipinski definition) is 3. The Bertz CT molecular complexity index is 430. The van der Waals surface area contributed by atoms with Gasteiger partial charge in [-0.2, -0.15) is 5.10 Å². The number of carbonyl (C=O) groups is 1. The van der Waals surface area contributed by atoms with Crippen molar-refractivity contribution in [1.82, 2.24) is 15.1 Å². The molecule has 0 radical (unpaired) electrons. The molecule has 0 aliphatic heterocycles. The predicted octanol–water partition coefficient (Wildman–Crippen LogP) is 1.84. The summed E-state index contributed by atoms with van der Waals surface area (Å²) in [7, 11) is 1.81. The van der Waals surface area contributed by atoms with Gasteiger partial charge in [0.25, 0.3) is 0 Å². The summed E-state index contributed by atoms with van der Waals surface area (Å²) in [6.07, 6.45) is 1.79. The minimum Gasteiger partial charge on any atom is -0.480 e. The van der Waals surface area contributed by atoms with Crippen LogP contribution in [0.1, 0.15) is 51.9 Å². The standard InChI is InChI=1S/C13H23N3O2/c1-8(2)14-10(12(17)18)9-7-16(6)15-11(9)13(3,4)5/h7-8,10,14H,1-6H3,(H,17,18). The molecule has 1 aromatic rings. The van der Waals surface area contributed by atoms with Gasteiger partial charge in [0.05, 0.1) is 5.69 Å². The monoisotopic (exact) mass is 253 g/mol. The first-order valence-corrected chi connectivity index (χ1v) is 6.15. The number of rotatable bonds is 4. The first kappa shape index (κ1) is 14.7. The summed E-state index contributed by atoms with van der Waals surface area (Å²) in [5.41, 5.74) is 1.39. The molecule has 18 heavy (non-hydrogen) atoms. The van der Waals surface area contributed by atoms with E-state index in [1.165, 1.54) is 0 Å². The topological polar surface area (TPSA) is 67.2 Å². The Labute approximate surface area is 108 Å². The highest BCUT2D eigenvalue weighted by atomic mass is 16.4. The Morgan fingerprint density at radius 1 is 1.44 bits per heavy atom. The van der Waals surface area contributed by atoms with Gasteiger partial charge in [0.2, 0.25) is 0 Å². The zero-order chi connectivity index (χ0) is 14.1. The largest absolute Gasteiger partial charge is 0.480 e. The number of aryl methyl sites for hydroxylation is 1. The van der Waals surface area contributed by atoms with E-state index in [2.05, 4.69) is 10.4 Å². The number of aromatic nitrogens is 2. The van der Waals surface area contributed by atoms with E-state index in [4.69, 9.17) is 0 Å². The van der Waals surface area contributed by atoms with E-state index in [0.717, 1.165) is 11.3 Å². The maximum absolute atomic E-state index is 11.4. The predicted molar refractivity (Wildman–Crippen MR) is 70.6 cm³/mol. The van der Waals surface area contributed by atoms with Crippen molar-refractivity contribution in [2.24, 2.45) is 7.05 Å².